The summed E-state index contributed by atoms with van der Waals surface area (Å²) in [6, 6.07) is 12.1. The van der Waals surface area contributed by atoms with Gasteiger partial charge in [-0.05, 0) is 5.39 Å². The highest BCUT2D eigenvalue weighted by Gasteiger charge is 2.07. The molecule has 0 saturated heterocycles. The molecule has 0 aliphatic rings. The van der Waals surface area contributed by atoms with E-state index in [4.69, 9.17) is 9.52 Å². The molecule has 3 rings (SSSR count). The third-order valence-corrected chi connectivity index (χ3v) is 2.71. The molecule has 0 bridgehead atoms. The third kappa shape index (κ3) is 1.15. The first-order valence-corrected chi connectivity index (χ1v) is 4.89. The molecular formula is C13H10O2. The van der Waals surface area contributed by atoms with Crippen LogP contribution in [-0.2, 0) is 6.61 Å². The van der Waals surface area contributed by atoms with Crippen LogP contribution in [0, 0.1) is 0 Å². The molecule has 2 nitrogen and oxygen atoms in total. The van der Waals surface area contributed by atoms with E-state index in [-0.39, 0.29) is 6.61 Å². The second-order valence-electron chi connectivity index (χ2n) is 3.58. The zero-order valence-electron chi connectivity index (χ0n) is 8.10. The minimum absolute atomic E-state index is 0.0192. The lowest BCUT2D eigenvalue weighted by molar-refractivity contribution is 0.282. The molecule has 0 saturated carbocycles. The Morgan fingerprint density at radius 1 is 1.00 bits per heavy atom. The van der Waals surface area contributed by atoms with E-state index < -0.39 is 0 Å². The summed E-state index contributed by atoms with van der Waals surface area (Å²) < 4.78 is 5.49. The predicted octanol–water partition coefficient (Wildman–Crippen LogP) is 3.08. The van der Waals surface area contributed by atoms with Gasteiger partial charge in [-0.3, -0.25) is 0 Å². The van der Waals surface area contributed by atoms with Gasteiger partial charge in [-0.1, -0.05) is 36.4 Å². The van der Waals surface area contributed by atoms with Crippen molar-refractivity contribution in [3.8, 4) is 0 Å². The van der Waals surface area contributed by atoms with E-state index in [9.17, 15) is 0 Å². The molecule has 0 amide bonds. The number of furan rings is 1. The van der Waals surface area contributed by atoms with Crippen LogP contribution < -0.4 is 0 Å². The topological polar surface area (TPSA) is 33.4 Å². The number of aliphatic hydroxyl groups excluding tert-OH is 1. The molecule has 1 N–H and O–H groups in total. The summed E-state index contributed by atoms with van der Waals surface area (Å²) in [6.07, 6.45) is 1.62. The second-order valence-corrected chi connectivity index (χ2v) is 3.58. The Kier molecular flexibility index (Phi) is 1.76. The van der Waals surface area contributed by atoms with Crippen LogP contribution in [0.2, 0.25) is 0 Å². The molecule has 0 aliphatic carbocycles. The Hall–Kier alpha value is -1.80. The van der Waals surface area contributed by atoms with Crippen LogP contribution >= 0.6 is 0 Å². The van der Waals surface area contributed by atoms with Crippen molar-refractivity contribution < 1.29 is 9.52 Å². The fourth-order valence-corrected chi connectivity index (χ4v) is 1.94. The smallest absolute Gasteiger partial charge is 0.142 e. The van der Waals surface area contributed by atoms with Gasteiger partial charge >= 0.3 is 0 Å². The maximum atomic E-state index is 9.14. The molecule has 2 heteroatoms. The van der Waals surface area contributed by atoms with Crippen LogP contribution in [0.5, 0.6) is 0 Å². The average Bonchev–Trinajstić information content (AvgIpc) is 2.72. The van der Waals surface area contributed by atoms with E-state index in [1.165, 1.54) is 0 Å². The van der Waals surface area contributed by atoms with E-state index in [2.05, 4.69) is 6.07 Å². The van der Waals surface area contributed by atoms with Gasteiger partial charge < -0.3 is 9.52 Å². The van der Waals surface area contributed by atoms with Gasteiger partial charge in [0.2, 0.25) is 0 Å². The average molecular weight is 198 g/mol. The van der Waals surface area contributed by atoms with Gasteiger partial charge in [-0.2, -0.15) is 0 Å². The summed E-state index contributed by atoms with van der Waals surface area (Å²) in [5.41, 5.74) is 1.70. The molecule has 0 unspecified atom stereocenters. The van der Waals surface area contributed by atoms with E-state index in [1.807, 2.05) is 30.3 Å². The first-order chi connectivity index (χ1) is 7.40. The van der Waals surface area contributed by atoms with Gasteiger partial charge in [-0.25, -0.2) is 0 Å². The summed E-state index contributed by atoms with van der Waals surface area (Å²) in [6.45, 7) is 0.0192. The van der Waals surface area contributed by atoms with E-state index in [0.29, 0.717) is 0 Å². The van der Waals surface area contributed by atoms with Crippen molar-refractivity contribution in [1.29, 1.82) is 0 Å². The lowest BCUT2D eigenvalue weighted by Gasteiger charge is -1.98. The standard InChI is InChI=1S/C13H10O2/c14-7-10-8-15-13-11-4-2-1-3-9(11)5-6-12(10)13/h1-6,8,14H,7H2. The Balaban J connectivity index is 2.50. The number of hydrogen-bond donors (Lipinski definition) is 1. The van der Waals surface area contributed by atoms with E-state index >= 15 is 0 Å². The van der Waals surface area contributed by atoms with Gasteiger partial charge in [0.25, 0.3) is 0 Å². The minimum atomic E-state index is 0.0192. The zero-order valence-corrected chi connectivity index (χ0v) is 8.10. The normalized spacial score (nSPS) is 11.3. The van der Waals surface area contributed by atoms with E-state index in [1.54, 1.807) is 6.26 Å². The van der Waals surface area contributed by atoms with Gasteiger partial charge in [0.1, 0.15) is 5.58 Å². The Morgan fingerprint density at radius 2 is 1.87 bits per heavy atom. The van der Waals surface area contributed by atoms with Gasteiger partial charge in [0.15, 0.2) is 0 Å². The monoisotopic (exact) mass is 198 g/mol. The zero-order chi connectivity index (χ0) is 10.3. The SMILES string of the molecule is OCc1coc2c1ccc1ccccc12. The van der Waals surface area contributed by atoms with Gasteiger partial charge in [-0.15, -0.1) is 0 Å². The van der Waals surface area contributed by atoms with Crippen molar-refractivity contribution in [3.05, 3.63) is 48.2 Å². The number of aliphatic hydroxyl groups is 1. The maximum absolute atomic E-state index is 9.14. The highest BCUT2D eigenvalue weighted by Crippen LogP contribution is 2.28. The van der Waals surface area contributed by atoms with Crippen molar-refractivity contribution in [2.24, 2.45) is 0 Å². The number of hydrogen-bond acceptors (Lipinski definition) is 2. The van der Waals surface area contributed by atoms with Crippen molar-refractivity contribution in [2.75, 3.05) is 0 Å². The summed E-state index contributed by atoms with van der Waals surface area (Å²) in [4.78, 5) is 0. The largest absolute Gasteiger partial charge is 0.463 e. The van der Waals surface area contributed by atoms with Crippen molar-refractivity contribution in [2.45, 2.75) is 6.61 Å². The van der Waals surface area contributed by atoms with Crippen LogP contribution in [0.25, 0.3) is 21.7 Å². The first-order valence-electron chi connectivity index (χ1n) is 4.89. The highest BCUT2D eigenvalue weighted by atomic mass is 16.3. The highest BCUT2D eigenvalue weighted by molar-refractivity contribution is 6.05. The predicted molar refractivity (Wildman–Crippen MR) is 59.6 cm³/mol. The molecular weight excluding hydrogens is 188 g/mol. The lowest BCUT2D eigenvalue weighted by Crippen LogP contribution is -1.79. The summed E-state index contributed by atoms with van der Waals surface area (Å²) in [5, 5.41) is 12.4. The van der Waals surface area contributed by atoms with Crippen LogP contribution in [0.3, 0.4) is 0 Å². The maximum Gasteiger partial charge on any atom is 0.142 e. The fraction of sp³-hybridized carbons (Fsp3) is 0.0769. The molecule has 0 aliphatic heterocycles. The quantitative estimate of drug-likeness (QED) is 0.651. The Labute approximate surface area is 86.7 Å². The van der Waals surface area contributed by atoms with Gasteiger partial charge in [0, 0.05) is 16.3 Å². The molecule has 0 spiro atoms. The molecule has 0 radical (unpaired) electrons. The van der Waals surface area contributed by atoms with Gasteiger partial charge in [0.05, 0.1) is 12.9 Å². The Bertz CT molecular complexity index is 623. The van der Waals surface area contributed by atoms with Crippen molar-refractivity contribution in [3.63, 3.8) is 0 Å². The fourth-order valence-electron chi connectivity index (χ4n) is 1.94. The lowest BCUT2D eigenvalue weighted by atomic mass is 10.1. The summed E-state index contributed by atoms with van der Waals surface area (Å²) in [7, 11) is 0. The molecule has 2 aromatic carbocycles. The Morgan fingerprint density at radius 3 is 2.73 bits per heavy atom. The molecule has 3 aromatic rings. The number of fused-ring (bicyclic) bond motifs is 3. The molecule has 1 heterocycles. The molecule has 0 fully saturated rings. The number of benzene rings is 2. The molecule has 15 heavy (non-hydrogen) atoms. The van der Waals surface area contributed by atoms with Crippen molar-refractivity contribution in [1.82, 2.24) is 0 Å². The van der Waals surface area contributed by atoms with Crippen LogP contribution in [-0.4, -0.2) is 5.11 Å². The molecule has 1 aromatic heterocycles. The molecule has 0 atom stereocenters. The minimum Gasteiger partial charge on any atom is -0.463 e. The van der Waals surface area contributed by atoms with Crippen LogP contribution in [0.4, 0.5) is 0 Å². The van der Waals surface area contributed by atoms with Crippen LogP contribution in [0.15, 0.2) is 47.1 Å². The third-order valence-electron chi connectivity index (χ3n) is 2.71. The molecule has 74 valence electrons. The first kappa shape index (κ1) is 8.50. The van der Waals surface area contributed by atoms with Crippen LogP contribution in [0.1, 0.15) is 5.56 Å². The van der Waals surface area contributed by atoms with E-state index in [0.717, 1.165) is 27.3 Å². The second kappa shape index (κ2) is 3.11. The van der Waals surface area contributed by atoms with Crippen molar-refractivity contribution >= 4 is 21.7 Å². The summed E-state index contributed by atoms with van der Waals surface area (Å²) in [5.74, 6) is 0. The number of rotatable bonds is 1. The summed E-state index contributed by atoms with van der Waals surface area (Å²) >= 11 is 0.